The maximum atomic E-state index is 12.1. The van der Waals surface area contributed by atoms with Gasteiger partial charge in [-0.15, -0.1) is 0 Å². The van der Waals surface area contributed by atoms with Gasteiger partial charge in [0.15, 0.2) is 23.1 Å². The van der Waals surface area contributed by atoms with E-state index >= 15 is 0 Å². The van der Waals surface area contributed by atoms with Crippen LogP contribution < -0.4 is 16.1 Å². The first-order valence-corrected chi connectivity index (χ1v) is 13.9. The lowest BCUT2D eigenvalue weighted by atomic mass is 10.1. The number of fused-ring (bicyclic) bond motifs is 1. The van der Waals surface area contributed by atoms with Crippen molar-refractivity contribution in [2.24, 2.45) is 0 Å². The number of nitrogens with zero attached hydrogens (tertiary/aromatic N) is 2. The summed E-state index contributed by atoms with van der Waals surface area (Å²) < 4.78 is 11.1. The number of furan rings is 1. The van der Waals surface area contributed by atoms with Crippen LogP contribution in [-0.2, 0) is 12.3 Å². The maximum absolute atomic E-state index is 12.1. The van der Waals surface area contributed by atoms with Crippen molar-refractivity contribution in [3.63, 3.8) is 0 Å². The molecule has 15 heteroatoms. The van der Waals surface area contributed by atoms with Crippen LogP contribution in [0.3, 0.4) is 0 Å². The van der Waals surface area contributed by atoms with E-state index in [0.717, 1.165) is 60.0 Å². The average Bonchev–Trinajstić information content (AvgIpc) is 3.37. The summed E-state index contributed by atoms with van der Waals surface area (Å²) in [6.45, 7) is 1.44. The SMILES string of the molecule is CN/C(=C/[N+](=O)[O-])NCCSCc1ccc(CN(C)C)o1.O=c1c(O)c(-c2ccc(O)c(O)c2)oc2cc(O)cc(O)c12. The van der Waals surface area contributed by atoms with E-state index in [1.807, 2.05) is 26.2 Å². The minimum atomic E-state index is -0.888. The van der Waals surface area contributed by atoms with Crippen molar-refractivity contribution in [2.45, 2.75) is 12.3 Å². The molecule has 4 rings (SSSR count). The fourth-order valence-corrected chi connectivity index (χ4v) is 4.51. The van der Waals surface area contributed by atoms with Crippen LogP contribution in [0.1, 0.15) is 11.5 Å². The highest BCUT2D eigenvalue weighted by Crippen LogP contribution is 2.37. The highest BCUT2D eigenvalue weighted by molar-refractivity contribution is 7.98. The zero-order chi connectivity index (χ0) is 31.7. The van der Waals surface area contributed by atoms with Gasteiger partial charge < -0.3 is 49.9 Å². The van der Waals surface area contributed by atoms with E-state index < -0.39 is 27.6 Å². The molecule has 43 heavy (non-hydrogen) atoms. The van der Waals surface area contributed by atoms with Crippen molar-refractivity contribution in [1.82, 2.24) is 15.5 Å². The molecule has 4 aromatic rings. The lowest BCUT2D eigenvalue weighted by Gasteiger charge is -2.08. The van der Waals surface area contributed by atoms with Crippen LogP contribution in [0.15, 0.2) is 68.1 Å². The van der Waals surface area contributed by atoms with Gasteiger partial charge in [0, 0.05) is 37.0 Å². The molecule has 14 nitrogen and oxygen atoms in total. The normalized spacial score (nSPS) is 11.3. The van der Waals surface area contributed by atoms with Crippen LogP contribution in [0.2, 0.25) is 0 Å². The number of hydrogen-bond acceptors (Lipinski definition) is 14. The molecule has 2 heterocycles. The Labute approximate surface area is 249 Å². The van der Waals surface area contributed by atoms with Gasteiger partial charge in [0.05, 0.1) is 17.2 Å². The van der Waals surface area contributed by atoms with E-state index in [4.69, 9.17) is 8.83 Å². The average molecular weight is 617 g/mol. The second-order valence-electron chi connectivity index (χ2n) is 9.31. The van der Waals surface area contributed by atoms with Crippen molar-refractivity contribution in [3.8, 4) is 40.1 Å². The predicted molar refractivity (Wildman–Crippen MR) is 161 cm³/mol. The third-order valence-electron chi connectivity index (χ3n) is 5.67. The fourth-order valence-electron chi connectivity index (χ4n) is 3.77. The van der Waals surface area contributed by atoms with Gasteiger partial charge in [0.2, 0.25) is 11.2 Å². The summed E-state index contributed by atoms with van der Waals surface area (Å²) in [6, 6.07) is 9.63. The van der Waals surface area contributed by atoms with E-state index in [1.54, 1.807) is 18.8 Å². The highest BCUT2D eigenvalue weighted by Gasteiger charge is 2.19. The molecule has 0 aliphatic rings. The van der Waals surface area contributed by atoms with Crippen LogP contribution in [0.25, 0.3) is 22.3 Å². The molecule has 0 unspecified atom stereocenters. The summed E-state index contributed by atoms with van der Waals surface area (Å²) in [5, 5.41) is 63.7. The summed E-state index contributed by atoms with van der Waals surface area (Å²) in [5.41, 5.74) is -0.890. The van der Waals surface area contributed by atoms with Crippen molar-refractivity contribution < 1.29 is 39.3 Å². The fraction of sp³-hybridized carbons (Fsp3) is 0.250. The van der Waals surface area contributed by atoms with E-state index in [-0.39, 0.29) is 33.8 Å². The molecule has 0 aliphatic heterocycles. The molecule has 2 aromatic heterocycles. The molecule has 0 atom stereocenters. The van der Waals surface area contributed by atoms with Crippen molar-refractivity contribution in [1.29, 1.82) is 0 Å². The largest absolute Gasteiger partial charge is 0.508 e. The molecule has 0 amide bonds. The maximum Gasteiger partial charge on any atom is 0.274 e. The summed E-state index contributed by atoms with van der Waals surface area (Å²) in [4.78, 5) is 24.1. The van der Waals surface area contributed by atoms with E-state index in [0.29, 0.717) is 12.4 Å². The molecular formula is C28H32N4O10S. The molecular weight excluding hydrogens is 584 g/mol. The van der Waals surface area contributed by atoms with Gasteiger partial charge in [0.1, 0.15) is 34.0 Å². The van der Waals surface area contributed by atoms with Crippen molar-refractivity contribution in [2.75, 3.05) is 33.4 Å². The number of thioether (sulfide) groups is 1. The Hall–Kier alpha value is -5.02. The Bertz CT molecular complexity index is 1670. The number of benzene rings is 2. The minimum Gasteiger partial charge on any atom is -0.508 e. The summed E-state index contributed by atoms with van der Waals surface area (Å²) >= 11 is 1.72. The van der Waals surface area contributed by atoms with Gasteiger partial charge in [-0.1, -0.05) is 0 Å². The smallest absolute Gasteiger partial charge is 0.274 e. The molecule has 0 radical (unpaired) electrons. The first-order chi connectivity index (χ1) is 20.4. The van der Waals surface area contributed by atoms with Crippen LogP contribution in [0.4, 0.5) is 0 Å². The first kappa shape index (κ1) is 32.5. The standard InChI is InChI=1S/C15H10O7.C13H22N4O3S/c16-7-4-10(19)12-11(5-7)22-15(14(21)13(12)20)6-1-2-8(17)9(18)3-6;1-14-13(9-17(18)19)15-6-7-21-10-12-5-4-11(20-12)8-16(2)3/h1-5,16-19,21H;4-5,9,14-15H,6-8,10H2,1-3H3/b;13-9-. The zero-order valence-electron chi connectivity index (χ0n) is 23.5. The Kier molecular flexibility index (Phi) is 11.1. The van der Waals surface area contributed by atoms with Gasteiger partial charge >= 0.3 is 0 Å². The highest BCUT2D eigenvalue weighted by atomic mass is 32.2. The second-order valence-corrected chi connectivity index (χ2v) is 10.4. The third-order valence-corrected chi connectivity index (χ3v) is 6.65. The number of nitrogens with one attached hydrogen (secondary N) is 2. The van der Waals surface area contributed by atoms with Crippen molar-refractivity contribution >= 4 is 22.7 Å². The molecule has 7 N–H and O–H groups in total. The summed E-state index contributed by atoms with van der Waals surface area (Å²) in [7, 11) is 5.64. The zero-order valence-corrected chi connectivity index (χ0v) is 24.3. The Morgan fingerprint density at radius 2 is 1.72 bits per heavy atom. The summed E-state index contributed by atoms with van der Waals surface area (Å²) in [6.07, 6.45) is 0.921. The Balaban J connectivity index is 0.000000236. The van der Waals surface area contributed by atoms with Gasteiger partial charge in [-0.3, -0.25) is 14.9 Å². The number of aromatic hydroxyl groups is 5. The number of nitro groups is 1. The molecule has 230 valence electrons. The molecule has 2 aromatic carbocycles. The van der Waals surface area contributed by atoms with Crippen molar-refractivity contribution in [3.05, 3.63) is 86.3 Å². The molecule has 0 saturated carbocycles. The Morgan fingerprint density at radius 1 is 1.00 bits per heavy atom. The van der Waals surface area contributed by atoms with Crippen LogP contribution in [0.5, 0.6) is 28.7 Å². The number of phenols is 4. The number of rotatable bonds is 11. The molecule has 0 bridgehead atoms. The van der Waals surface area contributed by atoms with Gasteiger partial charge in [-0.2, -0.15) is 11.8 Å². The van der Waals surface area contributed by atoms with Crippen LogP contribution in [-0.4, -0.2) is 68.8 Å². The molecule has 0 saturated heterocycles. The summed E-state index contributed by atoms with van der Waals surface area (Å²) in [5.74, 6) is 1.23. The number of phenolic OH excluding ortho intramolecular Hbond substituents is 4. The van der Waals surface area contributed by atoms with Gasteiger partial charge in [-0.25, -0.2) is 0 Å². The lowest BCUT2D eigenvalue weighted by Crippen LogP contribution is -2.26. The Morgan fingerprint density at radius 3 is 2.37 bits per heavy atom. The van der Waals surface area contributed by atoms with Gasteiger partial charge in [-0.05, 0) is 44.4 Å². The lowest BCUT2D eigenvalue weighted by molar-refractivity contribution is -0.404. The monoisotopic (exact) mass is 616 g/mol. The van der Waals surface area contributed by atoms with Crippen LogP contribution in [0, 0.1) is 10.1 Å². The van der Waals surface area contributed by atoms with Gasteiger partial charge in [0.25, 0.3) is 6.20 Å². The molecule has 0 spiro atoms. The quantitative estimate of drug-likeness (QED) is 0.0556. The predicted octanol–water partition coefficient (Wildman–Crippen LogP) is 3.45. The molecule has 0 aliphatic carbocycles. The third kappa shape index (κ3) is 8.98. The van der Waals surface area contributed by atoms with E-state index in [9.17, 15) is 40.4 Å². The van der Waals surface area contributed by atoms with E-state index in [1.165, 1.54) is 6.07 Å². The second kappa shape index (κ2) is 14.7. The first-order valence-electron chi connectivity index (χ1n) is 12.7. The van der Waals surface area contributed by atoms with Crippen LogP contribution >= 0.6 is 11.8 Å². The molecule has 0 fully saturated rings. The number of hydrogen-bond donors (Lipinski definition) is 7. The topological polar surface area (TPSA) is 215 Å². The van der Waals surface area contributed by atoms with E-state index in [2.05, 4.69) is 15.5 Å². The minimum absolute atomic E-state index is 0.134.